The van der Waals surface area contributed by atoms with Crippen molar-refractivity contribution in [3.05, 3.63) is 0 Å². The maximum Gasteiger partial charge on any atom is 0.306 e. The highest BCUT2D eigenvalue weighted by molar-refractivity contribution is 5.71. The Bertz CT molecular complexity index is 918. The van der Waals surface area contributed by atoms with Gasteiger partial charge in [-0.15, -0.1) is 0 Å². The van der Waals surface area contributed by atoms with Gasteiger partial charge in [-0.25, -0.2) is 0 Å². The molecule has 0 saturated carbocycles. The lowest BCUT2D eigenvalue weighted by molar-refractivity contribution is -0.167. The second-order valence-corrected chi connectivity index (χ2v) is 19.2. The van der Waals surface area contributed by atoms with E-state index in [0.29, 0.717) is 19.3 Å². The first-order chi connectivity index (χ1) is 29.3. The Hall–Kier alpha value is -1.59. The van der Waals surface area contributed by atoms with Gasteiger partial charge < -0.3 is 14.2 Å². The molecule has 0 bridgehead atoms. The third-order valence-corrected chi connectivity index (χ3v) is 12.6. The summed E-state index contributed by atoms with van der Waals surface area (Å²) in [5, 5.41) is 0. The summed E-state index contributed by atoms with van der Waals surface area (Å²) in [6.07, 6.45) is 48.2. The van der Waals surface area contributed by atoms with Crippen LogP contribution in [0, 0.1) is 11.8 Å². The Morgan fingerprint density at radius 1 is 0.350 bits per heavy atom. The maximum absolute atomic E-state index is 12.8. The van der Waals surface area contributed by atoms with Gasteiger partial charge in [-0.3, -0.25) is 14.4 Å². The molecule has 0 saturated heterocycles. The molecule has 0 aliphatic carbocycles. The number of hydrogen-bond donors (Lipinski definition) is 0. The molecule has 0 aromatic rings. The molecule has 0 amide bonds. The topological polar surface area (TPSA) is 78.9 Å². The minimum absolute atomic E-state index is 0.0647. The number of rotatable bonds is 48. The average molecular weight is 849 g/mol. The molecule has 0 aliphatic heterocycles. The van der Waals surface area contributed by atoms with Gasteiger partial charge in [0.25, 0.3) is 0 Å². The maximum atomic E-state index is 12.8. The monoisotopic (exact) mass is 849 g/mol. The lowest BCUT2D eigenvalue weighted by atomic mass is 9.99. The highest BCUT2D eigenvalue weighted by Crippen LogP contribution is 2.18. The van der Waals surface area contributed by atoms with Crippen LogP contribution in [0.3, 0.4) is 0 Å². The fraction of sp³-hybridized carbons (Fsp3) is 0.944. The van der Waals surface area contributed by atoms with Crippen molar-refractivity contribution in [2.24, 2.45) is 11.8 Å². The largest absolute Gasteiger partial charge is 0.462 e. The quantitative estimate of drug-likeness (QED) is 0.0345. The molecule has 6 nitrogen and oxygen atoms in total. The number of ether oxygens (including phenoxy) is 3. The van der Waals surface area contributed by atoms with E-state index < -0.39 is 6.10 Å². The van der Waals surface area contributed by atoms with E-state index in [1.807, 2.05) is 0 Å². The van der Waals surface area contributed by atoms with Gasteiger partial charge in [-0.2, -0.15) is 0 Å². The van der Waals surface area contributed by atoms with E-state index in [0.717, 1.165) is 69.6 Å². The zero-order chi connectivity index (χ0) is 44.0. The molecule has 2 atom stereocenters. The third-order valence-electron chi connectivity index (χ3n) is 12.6. The molecule has 0 heterocycles. The molecule has 0 fully saturated rings. The summed E-state index contributed by atoms with van der Waals surface area (Å²) in [5.41, 5.74) is 0. The minimum atomic E-state index is -0.762. The second kappa shape index (κ2) is 46.9. The van der Waals surface area contributed by atoms with Crippen molar-refractivity contribution in [1.29, 1.82) is 0 Å². The molecular formula is C54H104O6. The van der Waals surface area contributed by atoms with Gasteiger partial charge in [-0.05, 0) is 31.1 Å². The molecule has 0 spiro atoms. The van der Waals surface area contributed by atoms with E-state index in [1.54, 1.807) is 0 Å². The van der Waals surface area contributed by atoms with Crippen LogP contribution in [0.1, 0.15) is 298 Å². The molecule has 0 radical (unpaired) electrons. The predicted molar refractivity (Wildman–Crippen MR) is 256 cm³/mol. The molecule has 60 heavy (non-hydrogen) atoms. The van der Waals surface area contributed by atoms with Gasteiger partial charge in [0.05, 0.1) is 0 Å². The number of unbranched alkanes of at least 4 members (excludes halogenated alkanes) is 32. The SMILES string of the molecule is CCCCCCCCCCCCCCCCCCCCCC(=O)O[C@@H](COC(=O)CCCCCCCCCCCCC(C)CC)COC(=O)CCCCCCCCC(C)C. The molecule has 0 aromatic heterocycles. The molecule has 0 N–H and O–H groups in total. The van der Waals surface area contributed by atoms with Gasteiger partial charge in [0, 0.05) is 19.3 Å². The fourth-order valence-electron chi connectivity index (χ4n) is 8.13. The molecule has 6 heteroatoms. The van der Waals surface area contributed by atoms with Crippen LogP contribution in [-0.2, 0) is 28.6 Å². The molecule has 0 aromatic carbocycles. The molecule has 0 rings (SSSR count). The zero-order valence-electron chi connectivity index (χ0n) is 41.1. The highest BCUT2D eigenvalue weighted by Gasteiger charge is 2.19. The normalized spacial score (nSPS) is 12.5. The second-order valence-electron chi connectivity index (χ2n) is 19.2. The Morgan fingerprint density at radius 3 is 0.950 bits per heavy atom. The van der Waals surface area contributed by atoms with Gasteiger partial charge >= 0.3 is 17.9 Å². The van der Waals surface area contributed by atoms with E-state index in [9.17, 15) is 14.4 Å². The standard InChI is InChI=1S/C54H104O6/c1-6-8-9-10-11-12-13-14-15-16-17-18-19-20-21-26-29-36-41-46-54(57)60-51(48-59-53(56)45-40-35-31-30-32-37-42-49(3)4)47-58-52(55)44-39-34-28-25-23-22-24-27-33-38-43-50(5)7-2/h49-51H,6-48H2,1-5H3/t50?,51-/m0/s1. The van der Waals surface area contributed by atoms with Crippen molar-refractivity contribution in [3.8, 4) is 0 Å². The minimum Gasteiger partial charge on any atom is -0.462 e. The number of esters is 3. The number of carbonyl (C=O) groups excluding carboxylic acids is 3. The van der Waals surface area contributed by atoms with Gasteiger partial charge in [0.15, 0.2) is 6.10 Å². The fourth-order valence-corrected chi connectivity index (χ4v) is 8.13. The average Bonchev–Trinajstić information content (AvgIpc) is 3.23. The van der Waals surface area contributed by atoms with Crippen LogP contribution in [0.15, 0.2) is 0 Å². The number of carbonyl (C=O) groups is 3. The van der Waals surface area contributed by atoms with Crippen LogP contribution in [0.2, 0.25) is 0 Å². The van der Waals surface area contributed by atoms with Crippen molar-refractivity contribution in [3.63, 3.8) is 0 Å². The summed E-state index contributed by atoms with van der Waals surface area (Å²) in [4.78, 5) is 37.9. The van der Waals surface area contributed by atoms with Crippen molar-refractivity contribution >= 4 is 17.9 Å². The summed E-state index contributed by atoms with van der Waals surface area (Å²) in [5.74, 6) is 0.781. The molecular weight excluding hydrogens is 745 g/mol. The molecule has 0 aliphatic rings. The molecule has 356 valence electrons. The summed E-state index contributed by atoms with van der Waals surface area (Å²) in [7, 11) is 0. The van der Waals surface area contributed by atoms with Crippen molar-refractivity contribution < 1.29 is 28.6 Å². The number of hydrogen-bond acceptors (Lipinski definition) is 6. The zero-order valence-corrected chi connectivity index (χ0v) is 41.1. The Balaban J connectivity index is 4.24. The first kappa shape index (κ1) is 58.4. The van der Waals surface area contributed by atoms with Crippen LogP contribution in [0.4, 0.5) is 0 Å². The van der Waals surface area contributed by atoms with E-state index in [1.165, 1.54) is 186 Å². The van der Waals surface area contributed by atoms with E-state index in [-0.39, 0.29) is 31.1 Å². The Kier molecular flexibility index (Phi) is 45.7. The Labute approximate surface area is 374 Å². The van der Waals surface area contributed by atoms with Crippen LogP contribution in [0.25, 0.3) is 0 Å². The van der Waals surface area contributed by atoms with Crippen LogP contribution in [0.5, 0.6) is 0 Å². The van der Waals surface area contributed by atoms with Gasteiger partial charge in [-0.1, -0.05) is 259 Å². The first-order valence-corrected chi connectivity index (χ1v) is 26.8. The molecule has 1 unspecified atom stereocenters. The van der Waals surface area contributed by atoms with Crippen molar-refractivity contribution in [2.75, 3.05) is 13.2 Å². The predicted octanol–water partition coefficient (Wildman–Crippen LogP) is 17.3. The summed E-state index contributed by atoms with van der Waals surface area (Å²) >= 11 is 0. The smallest absolute Gasteiger partial charge is 0.306 e. The highest BCUT2D eigenvalue weighted by atomic mass is 16.6. The van der Waals surface area contributed by atoms with Crippen LogP contribution >= 0.6 is 0 Å². The lowest BCUT2D eigenvalue weighted by Crippen LogP contribution is -2.30. The first-order valence-electron chi connectivity index (χ1n) is 26.8. The third kappa shape index (κ3) is 45.9. The summed E-state index contributed by atoms with van der Waals surface area (Å²) < 4.78 is 16.8. The van der Waals surface area contributed by atoms with E-state index in [4.69, 9.17) is 14.2 Å². The lowest BCUT2D eigenvalue weighted by Gasteiger charge is -2.18. The van der Waals surface area contributed by atoms with E-state index in [2.05, 4.69) is 34.6 Å². The Morgan fingerprint density at radius 2 is 0.633 bits per heavy atom. The van der Waals surface area contributed by atoms with Crippen LogP contribution in [-0.4, -0.2) is 37.2 Å². The van der Waals surface area contributed by atoms with E-state index >= 15 is 0 Å². The summed E-state index contributed by atoms with van der Waals surface area (Å²) in [6.45, 7) is 11.3. The van der Waals surface area contributed by atoms with Crippen molar-refractivity contribution in [1.82, 2.24) is 0 Å². The van der Waals surface area contributed by atoms with Crippen LogP contribution < -0.4 is 0 Å². The summed E-state index contributed by atoms with van der Waals surface area (Å²) in [6, 6.07) is 0. The van der Waals surface area contributed by atoms with Gasteiger partial charge in [0.1, 0.15) is 13.2 Å². The van der Waals surface area contributed by atoms with Crippen molar-refractivity contribution in [2.45, 2.75) is 304 Å². The van der Waals surface area contributed by atoms with Gasteiger partial charge in [0.2, 0.25) is 0 Å².